The Morgan fingerprint density at radius 3 is 2.36 bits per heavy atom. The molecular formula is C18H21NO3. The summed E-state index contributed by atoms with van der Waals surface area (Å²) in [5, 5.41) is 2.84. The van der Waals surface area contributed by atoms with E-state index in [4.69, 9.17) is 0 Å². The molecule has 0 saturated heterocycles. The Bertz CT molecular complexity index is 651. The quantitative estimate of drug-likeness (QED) is 0.869. The SMILES string of the molecule is CC(C)(C)C(=O)NCCCC1=CC(=O)c2ccccc2C1=O. The topological polar surface area (TPSA) is 63.2 Å². The average Bonchev–Trinajstić information content (AvgIpc) is 2.47. The van der Waals surface area contributed by atoms with E-state index in [2.05, 4.69) is 5.32 Å². The summed E-state index contributed by atoms with van der Waals surface area (Å²) in [4.78, 5) is 36.1. The van der Waals surface area contributed by atoms with Gasteiger partial charge in [0.1, 0.15) is 0 Å². The molecule has 116 valence electrons. The first kappa shape index (κ1) is 16.1. The number of allylic oxidation sites excluding steroid dienone is 2. The minimum absolute atomic E-state index is 0.0159. The molecule has 4 nitrogen and oxygen atoms in total. The van der Waals surface area contributed by atoms with Crippen molar-refractivity contribution in [1.82, 2.24) is 5.32 Å². The zero-order chi connectivity index (χ0) is 16.3. The van der Waals surface area contributed by atoms with Crippen LogP contribution in [0.1, 0.15) is 54.3 Å². The molecule has 0 spiro atoms. The summed E-state index contributed by atoms with van der Waals surface area (Å²) >= 11 is 0. The third-order valence-corrected chi connectivity index (χ3v) is 3.62. The fourth-order valence-corrected chi connectivity index (χ4v) is 2.30. The van der Waals surface area contributed by atoms with E-state index in [0.717, 1.165) is 0 Å². The molecule has 4 heteroatoms. The Labute approximate surface area is 130 Å². The van der Waals surface area contributed by atoms with E-state index in [9.17, 15) is 14.4 Å². The van der Waals surface area contributed by atoms with Crippen LogP contribution in [0.4, 0.5) is 0 Å². The van der Waals surface area contributed by atoms with Crippen LogP contribution in [0.15, 0.2) is 35.9 Å². The highest BCUT2D eigenvalue weighted by atomic mass is 16.2. The number of amides is 1. The first-order chi connectivity index (χ1) is 10.3. The van der Waals surface area contributed by atoms with Crippen LogP contribution in [0.25, 0.3) is 0 Å². The van der Waals surface area contributed by atoms with E-state index in [1.165, 1.54) is 6.08 Å². The second-order valence-electron chi connectivity index (χ2n) is 6.52. The number of Topliss-reactive ketones (excluding diaryl/α,β-unsaturated/α-hetero) is 1. The first-order valence-corrected chi connectivity index (χ1v) is 7.47. The highest BCUT2D eigenvalue weighted by Crippen LogP contribution is 2.23. The van der Waals surface area contributed by atoms with Crippen molar-refractivity contribution < 1.29 is 14.4 Å². The number of hydrogen-bond acceptors (Lipinski definition) is 3. The lowest BCUT2D eigenvalue weighted by Gasteiger charge is -2.18. The smallest absolute Gasteiger partial charge is 0.225 e. The van der Waals surface area contributed by atoms with Gasteiger partial charge in [-0.1, -0.05) is 45.0 Å². The minimum atomic E-state index is -0.422. The molecule has 2 rings (SSSR count). The molecule has 0 aliphatic heterocycles. The molecule has 0 bridgehead atoms. The van der Waals surface area contributed by atoms with E-state index in [0.29, 0.717) is 36.1 Å². The van der Waals surface area contributed by atoms with Crippen molar-refractivity contribution in [2.45, 2.75) is 33.6 Å². The molecule has 0 fully saturated rings. The third-order valence-electron chi connectivity index (χ3n) is 3.62. The number of fused-ring (bicyclic) bond motifs is 1. The predicted molar refractivity (Wildman–Crippen MR) is 84.9 cm³/mol. The Kier molecular flexibility index (Phi) is 4.59. The Morgan fingerprint density at radius 2 is 1.73 bits per heavy atom. The number of benzene rings is 1. The molecule has 0 heterocycles. The van der Waals surface area contributed by atoms with Crippen molar-refractivity contribution in [3.63, 3.8) is 0 Å². The van der Waals surface area contributed by atoms with Crippen LogP contribution in [0.5, 0.6) is 0 Å². The van der Waals surface area contributed by atoms with Gasteiger partial charge in [0, 0.05) is 28.7 Å². The Morgan fingerprint density at radius 1 is 1.09 bits per heavy atom. The molecule has 0 aromatic heterocycles. The van der Waals surface area contributed by atoms with Crippen molar-refractivity contribution in [3.8, 4) is 0 Å². The fourth-order valence-electron chi connectivity index (χ4n) is 2.30. The number of hydrogen-bond donors (Lipinski definition) is 1. The second kappa shape index (κ2) is 6.26. The minimum Gasteiger partial charge on any atom is -0.356 e. The second-order valence-corrected chi connectivity index (χ2v) is 6.52. The molecule has 1 aromatic rings. The summed E-state index contributed by atoms with van der Waals surface area (Å²) in [6.45, 7) is 6.05. The predicted octanol–water partition coefficient (Wildman–Crippen LogP) is 2.93. The summed E-state index contributed by atoms with van der Waals surface area (Å²) in [7, 11) is 0. The van der Waals surface area contributed by atoms with Crippen LogP contribution >= 0.6 is 0 Å². The monoisotopic (exact) mass is 299 g/mol. The lowest BCUT2D eigenvalue weighted by molar-refractivity contribution is -0.128. The molecule has 22 heavy (non-hydrogen) atoms. The highest BCUT2D eigenvalue weighted by Gasteiger charge is 2.25. The van der Waals surface area contributed by atoms with Gasteiger partial charge in [0.2, 0.25) is 5.91 Å². The molecule has 0 radical (unpaired) electrons. The van der Waals surface area contributed by atoms with Crippen molar-refractivity contribution in [2.75, 3.05) is 6.54 Å². The van der Waals surface area contributed by atoms with E-state index in [-0.39, 0.29) is 17.5 Å². The van der Waals surface area contributed by atoms with Gasteiger partial charge in [-0.3, -0.25) is 14.4 Å². The third kappa shape index (κ3) is 3.50. The maximum absolute atomic E-state index is 12.3. The van der Waals surface area contributed by atoms with Gasteiger partial charge in [-0.2, -0.15) is 0 Å². The summed E-state index contributed by atoms with van der Waals surface area (Å²) < 4.78 is 0. The van der Waals surface area contributed by atoms with E-state index >= 15 is 0 Å². The maximum atomic E-state index is 12.3. The first-order valence-electron chi connectivity index (χ1n) is 7.47. The standard InChI is InChI=1S/C18H21NO3/c1-18(2,3)17(22)19-10-6-7-12-11-15(20)13-8-4-5-9-14(13)16(12)21/h4-5,8-9,11H,6-7,10H2,1-3H3,(H,19,22). The number of rotatable bonds is 4. The molecular weight excluding hydrogens is 278 g/mol. The van der Waals surface area contributed by atoms with Gasteiger partial charge < -0.3 is 5.32 Å². The molecule has 1 amide bonds. The average molecular weight is 299 g/mol. The van der Waals surface area contributed by atoms with Crippen molar-refractivity contribution in [1.29, 1.82) is 0 Å². The lowest BCUT2D eigenvalue weighted by atomic mass is 9.87. The van der Waals surface area contributed by atoms with Crippen LogP contribution in [0.3, 0.4) is 0 Å². The van der Waals surface area contributed by atoms with Gasteiger partial charge in [-0.05, 0) is 18.9 Å². The molecule has 1 aromatic carbocycles. The number of ketones is 2. The Hall–Kier alpha value is -2.23. The van der Waals surface area contributed by atoms with Crippen LogP contribution in [0, 0.1) is 5.41 Å². The van der Waals surface area contributed by atoms with Crippen molar-refractivity contribution >= 4 is 17.5 Å². The van der Waals surface area contributed by atoms with E-state index in [1.807, 2.05) is 20.8 Å². The Balaban J connectivity index is 1.94. The normalized spacial score (nSPS) is 14.4. The molecule has 1 aliphatic rings. The molecule has 1 N–H and O–H groups in total. The van der Waals surface area contributed by atoms with Gasteiger partial charge in [0.05, 0.1) is 0 Å². The maximum Gasteiger partial charge on any atom is 0.225 e. The van der Waals surface area contributed by atoms with Crippen molar-refractivity contribution in [2.24, 2.45) is 5.41 Å². The number of carbonyl (C=O) groups excluding carboxylic acids is 3. The molecule has 1 aliphatic carbocycles. The zero-order valence-corrected chi connectivity index (χ0v) is 13.2. The van der Waals surface area contributed by atoms with Gasteiger partial charge in [0.25, 0.3) is 0 Å². The molecule has 0 atom stereocenters. The molecule has 0 unspecified atom stereocenters. The summed E-state index contributed by atoms with van der Waals surface area (Å²) in [6.07, 6.45) is 2.55. The van der Waals surface area contributed by atoms with Gasteiger partial charge in [0.15, 0.2) is 11.6 Å². The lowest BCUT2D eigenvalue weighted by Crippen LogP contribution is -2.35. The molecule has 0 saturated carbocycles. The zero-order valence-electron chi connectivity index (χ0n) is 13.2. The summed E-state index contributed by atoms with van der Waals surface area (Å²) in [5.41, 5.74) is 1.05. The van der Waals surface area contributed by atoms with Crippen LogP contribution < -0.4 is 5.32 Å². The van der Waals surface area contributed by atoms with E-state index < -0.39 is 5.41 Å². The van der Waals surface area contributed by atoms with Crippen LogP contribution in [0.2, 0.25) is 0 Å². The van der Waals surface area contributed by atoms with Gasteiger partial charge in [-0.15, -0.1) is 0 Å². The number of nitrogens with one attached hydrogen (secondary N) is 1. The van der Waals surface area contributed by atoms with Gasteiger partial charge >= 0.3 is 0 Å². The summed E-state index contributed by atoms with van der Waals surface area (Å²) in [5.74, 6) is -0.223. The highest BCUT2D eigenvalue weighted by molar-refractivity contribution is 6.24. The van der Waals surface area contributed by atoms with Gasteiger partial charge in [-0.25, -0.2) is 0 Å². The van der Waals surface area contributed by atoms with E-state index in [1.54, 1.807) is 24.3 Å². The number of carbonyl (C=O) groups is 3. The van der Waals surface area contributed by atoms with Crippen molar-refractivity contribution in [3.05, 3.63) is 47.0 Å². The summed E-state index contributed by atoms with van der Waals surface area (Å²) in [6, 6.07) is 6.87. The fraction of sp³-hybridized carbons (Fsp3) is 0.389. The van der Waals surface area contributed by atoms with Crippen LogP contribution in [-0.2, 0) is 4.79 Å². The largest absolute Gasteiger partial charge is 0.356 e. The van der Waals surface area contributed by atoms with Crippen LogP contribution in [-0.4, -0.2) is 24.0 Å².